The topological polar surface area (TPSA) is 85.1 Å². The Morgan fingerprint density at radius 1 is 1.42 bits per heavy atom. The number of hydrogen-bond donors (Lipinski definition) is 2. The summed E-state index contributed by atoms with van der Waals surface area (Å²) in [5.74, 6) is -0.284. The summed E-state index contributed by atoms with van der Waals surface area (Å²) < 4.78 is 0. The number of aromatic nitrogens is 1. The molecule has 1 fully saturated rings. The van der Waals surface area contributed by atoms with E-state index in [2.05, 4.69) is 10.3 Å². The number of rotatable bonds is 5. The van der Waals surface area contributed by atoms with Crippen molar-refractivity contribution in [3.8, 4) is 0 Å². The van der Waals surface area contributed by atoms with Crippen LogP contribution >= 0.6 is 11.3 Å². The van der Waals surface area contributed by atoms with Crippen LogP contribution in [0.4, 0.5) is 0 Å². The molecule has 2 rings (SSSR count). The van der Waals surface area contributed by atoms with Crippen molar-refractivity contribution < 1.29 is 9.59 Å². The van der Waals surface area contributed by atoms with E-state index in [0.717, 1.165) is 12.8 Å². The van der Waals surface area contributed by atoms with Crippen molar-refractivity contribution in [2.24, 2.45) is 11.7 Å². The van der Waals surface area contributed by atoms with E-state index in [1.54, 1.807) is 11.6 Å². The predicted octanol–water partition coefficient (Wildman–Crippen LogP) is 1.70. The van der Waals surface area contributed by atoms with Gasteiger partial charge in [0.2, 0.25) is 5.91 Å². The zero-order valence-corrected chi connectivity index (χ0v) is 11.6. The first kappa shape index (κ1) is 14.0. The standard InChI is InChI=1S/C13H19N3O2S/c14-11(17)10(8-9-4-2-1-3-5-9)16-12(18)13-15-6-7-19-13/h6-7,9-10H,1-5,8H2,(H2,14,17)(H,16,18)/t10-/m0/s1. The molecule has 1 aromatic heterocycles. The molecule has 0 aliphatic heterocycles. The average molecular weight is 281 g/mol. The van der Waals surface area contributed by atoms with Crippen molar-refractivity contribution >= 4 is 23.2 Å². The molecule has 19 heavy (non-hydrogen) atoms. The summed E-state index contributed by atoms with van der Waals surface area (Å²) in [6, 6.07) is -0.584. The molecular weight excluding hydrogens is 262 g/mol. The van der Waals surface area contributed by atoms with E-state index in [1.807, 2.05) is 0 Å². The van der Waals surface area contributed by atoms with Crippen LogP contribution in [0.2, 0.25) is 0 Å². The molecule has 1 aliphatic rings. The highest BCUT2D eigenvalue weighted by Gasteiger charge is 2.25. The van der Waals surface area contributed by atoms with Crippen molar-refractivity contribution in [2.75, 3.05) is 0 Å². The minimum Gasteiger partial charge on any atom is -0.368 e. The van der Waals surface area contributed by atoms with Crippen LogP contribution in [-0.4, -0.2) is 22.8 Å². The molecular formula is C13H19N3O2S. The second-order valence-electron chi connectivity index (χ2n) is 5.01. The summed E-state index contributed by atoms with van der Waals surface area (Å²) in [6.45, 7) is 0. The SMILES string of the molecule is NC(=O)[C@H](CC1CCCCC1)NC(=O)c1nccs1. The van der Waals surface area contributed by atoms with Crippen molar-refractivity contribution in [2.45, 2.75) is 44.6 Å². The molecule has 0 unspecified atom stereocenters. The Balaban J connectivity index is 1.92. The van der Waals surface area contributed by atoms with Gasteiger partial charge in [0.15, 0.2) is 5.01 Å². The second kappa shape index (κ2) is 6.65. The number of nitrogens with one attached hydrogen (secondary N) is 1. The molecule has 6 heteroatoms. The van der Waals surface area contributed by atoms with E-state index in [1.165, 1.54) is 30.6 Å². The lowest BCUT2D eigenvalue weighted by atomic mass is 9.84. The fourth-order valence-electron chi connectivity index (χ4n) is 2.56. The molecule has 1 aromatic rings. The first-order chi connectivity index (χ1) is 9.16. The molecule has 1 aliphatic carbocycles. The number of amides is 2. The van der Waals surface area contributed by atoms with E-state index in [-0.39, 0.29) is 5.91 Å². The minimum absolute atomic E-state index is 0.311. The van der Waals surface area contributed by atoms with Crippen LogP contribution < -0.4 is 11.1 Å². The number of nitrogens with two attached hydrogens (primary N) is 1. The number of carbonyl (C=O) groups excluding carboxylic acids is 2. The number of carbonyl (C=O) groups is 2. The van der Waals surface area contributed by atoms with Gasteiger partial charge in [-0.2, -0.15) is 0 Å². The molecule has 0 bridgehead atoms. The van der Waals surface area contributed by atoms with Gasteiger partial charge in [-0.25, -0.2) is 4.98 Å². The summed E-state index contributed by atoms with van der Waals surface area (Å²) in [5.41, 5.74) is 5.38. The maximum Gasteiger partial charge on any atom is 0.280 e. The summed E-state index contributed by atoms with van der Waals surface area (Å²) in [5, 5.41) is 4.80. The molecule has 0 radical (unpaired) electrons. The lowest BCUT2D eigenvalue weighted by Gasteiger charge is -2.25. The Hall–Kier alpha value is -1.43. The van der Waals surface area contributed by atoms with Crippen molar-refractivity contribution in [1.29, 1.82) is 0 Å². The first-order valence-electron chi connectivity index (χ1n) is 6.66. The second-order valence-corrected chi connectivity index (χ2v) is 5.90. The van der Waals surface area contributed by atoms with Crippen LogP contribution in [0.3, 0.4) is 0 Å². The number of nitrogens with zero attached hydrogens (tertiary/aromatic N) is 1. The molecule has 1 saturated carbocycles. The predicted molar refractivity (Wildman–Crippen MR) is 73.8 cm³/mol. The van der Waals surface area contributed by atoms with E-state index >= 15 is 0 Å². The zero-order chi connectivity index (χ0) is 13.7. The van der Waals surface area contributed by atoms with Crippen LogP contribution in [0.25, 0.3) is 0 Å². The largest absolute Gasteiger partial charge is 0.368 e. The van der Waals surface area contributed by atoms with Gasteiger partial charge in [0.05, 0.1) is 0 Å². The summed E-state index contributed by atoms with van der Waals surface area (Å²) >= 11 is 1.26. The maximum absolute atomic E-state index is 11.9. The molecule has 0 aromatic carbocycles. The van der Waals surface area contributed by atoms with Gasteiger partial charge in [0.25, 0.3) is 5.91 Å². The third kappa shape index (κ3) is 4.02. The highest BCUT2D eigenvalue weighted by molar-refractivity contribution is 7.11. The van der Waals surface area contributed by atoms with Crippen LogP contribution in [0.5, 0.6) is 0 Å². The van der Waals surface area contributed by atoms with Gasteiger partial charge in [-0.3, -0.25) is 9.59 Å². The summed E-state index contributed by atoms with van der Waals surface area (Å²) in [7, 11) is 0. The minimum atomic E-state index is -0.584. The molecule has 0 saturated heterocycles. The molecule has 3 N–H and O–H groups in total. The average Bonchev–Trinajstić information content (AvgIpc) is 2.93. The molecule has 5 nitrogen and oxygen atoms in total. The van der Waals surface area contributed by atoms with Crippen molar-refractivity contribution in [1.82, 2.24) is 10.3 Å². The Morgan fingerprint density at radius 3 is 2.74 bits per heavy atom. The van der Waals surface area contributed by atoms with Crippen molar-refractivity contribution in [3.05, 3.63) is 16.6 Å². The quantitative estimate of drug-likeness (QED) is 0.861. The highest BCUT2D eigenvalue weighted by atomic mass is 32.1. The maximum atomic E-state index is 11.9. The van der Waals surface area contributed by atoms with E-state index in [0.29, 0.717) is 17.3 Å². The third-order valence-corrected chi connectivity index (χ3v) is 4.34. The van der Waals surface area contributed by atoms with Crippen LogP contribution in [0.1, 0.15) is 48.3 Å². The normalized spacial score (nSPS) is 17.9. The Bertz CT molecular complexity index is 427. The van der Waals surface area contributed by atoms with Crippen LogP contribution in [0.15, 0.2) is 11.6 Å². The van der Waals surface area contributed by atoms with Crippen LogP contribution in [-0.2, 0) is 4.79 Å². The first-order valence-corrected chi connectivity index (χ1v) is 7.54. The van der Waals surface area contributed by atoms with Crippen LogP contribution in [0, 0.1) is 5.92 Å². The van der Waals surface area contributed by atoms with Gasteiger partial charge in [0, 0.05) is 11.6 Å². The van der Waals surface area contributed by atoms with E-state index in [9.17, 15) is 9.59 Å². The zero-order valence-electron chi connectivity index (χ0n) is 10.8. The Morgan fingerprint density at radius 2 is 2.16 bits per heavy atom. The molecule has 2 amide bonds. The summed E-state index contributed by atoms with van der Waals surface area (Å²) in [4.78, 5) is 27.3. The molecule has 0 spiro atoms. The fraction of sp³-hybridized carbons (Fsp3) is 0.615. The number of thiazole rings is 1. The van der Waals surface area contributed by atoms with E-state index in [4.69, 9.17) is 5.73 Å². The lowest BCUT2D eigenvalue weighted by molar-refractivity contribution is -0.120. The third-order valence-electron chi connectivity index (χ3n) is 3.57. The lowest BCUT2D eigenvalue weighted by Crippen LogP contribution is -2.45. The fourth-order valence-corrected chi connectivity index (χ4v) is 3.10. The van der Waals surface area contributed by atoms with Gasteiger partial charge < -0.3 is 11.1 Å². The monoisotopic (exact) mass is 281 g/mol. The van der Waals surface area contributed by atoms with E-state index < -0.39 is 11.9 Å². The van der Waals surface area contributed by atoms with Gasteiger partial charge in [-0.1, -0.05) is 32.1 Å². The van der Waals surface area contributed by atoms with Gasteiger partial charge in [-0.15, -0.1) is 11.3 Å². The molecule has 1 heterocycles. The number of hydrogen-bond acceptors (Lipinski definition) is 4. The molecule has 1 atom stereocenters. The van der Waals surface area contributed by atoms with Crippen molar-refractivity contribution in [3.63, 3.8) is 0 Å². The summed E-state index contributed by atoms with van der Waals surface area (Å²) in [6.07, 6.45) is 8.14. The number of primary amides is 1. The molecule has 104 valence electrons. The smallest absolute Gasteiger partial charge is 0.280 e. The van der Waals surface area contributed by atoms with Gasteiger partial charge >= 0.3 is 0 Å². The van der Waals surface area contributed by atoms with Gasteiger partial charge in [0.1, 0.15) is 6.04 Å². The Kier molecular flexibility index (Phi) is 4.90. The highest BCUT2D eigenvalue weighted by Crippen LogP contribution is 2.27. The van der Waals surface area contributed by atoms with Gasteiger partial charge in [-0.05, 0) is 12.3 Å². The Labute approximate surface area is 116 Å².